The van der Waals surface area contributed by atoms with Crippen molar-refractivity contribution in [2.45, 2.75) is 77.5 Å². The van der Waals surface area contributed by atoms with Crippen molar-refractivity contribution < 1.29 is 61.0 Å². The molecule has 0 saturated carbocycles. The summed E-state index contributed by atoms with van der Waals surface area (Å²) < 4.78 is 90.2. The number of phosphoric acid groups is 1. The van der Waals surface area contributed by atoms with Gasteiger partial charge in [0, 0.05) is 50.1 Å². The maximum Gasteiger partial charge on any atom is 0.466 e. The number of fused-ring (bicyclic) bond motifs is 1. The quantitative estimate of drug-likeness (QED) is 0.0560. The van der Waals surface area contributed by atoms with Gasteiger partial charge < -0.3 is 45.0 Å². The van der Waals surface area contributed by atoms with Gasteiger partial charge in [0.25, 0.3) is 0 Å². The van der Waals surface area contributed by atoms with E-state index in [1.807, 2.05) is 28.8 Å². The highest BCUT2D eigenvalue weighted by molar-refractivity contribution is 7.45. The molecule has 9 N–H and O–H groups in total. The number of hydrogen-bond donors (Lipinski definition) is 6. The summed E-state index contributed by atoms with van der Waals surface area (Å²) in [5.41, 5.74) is 10.4. The molecule has 0 bridgehead atoms. The van der Waals surface area contributed by atoms with Crippen LogP contribution in [-0.2, 0) is 54.6 Å². The van der Waals surface area contributed by atoms with Crippen molar-refractivity contribution in [1.82, 2.24) is 49.8 Å². The minimum absolute atomic E-state index is 0. The van der Waals surface area contributed by atoms with E-state index in [1.165, 1.54) is 4.90 Å². The van der Waals surface area contributed by atoms with E-state index in [-0.39, 0.29) is 55.9 Å². The topological polar surface area (TPSA) is 279 Å². The van der Waals surface area contributed by atoms with Gasteiger partial charge in [-0.2, -0.15) is 18.4 Å². The van der Waals surface area contributed by atoms with Crippen molar-refractivity contribution in [3.05, 3.63) is 118 Å². The molecule has 64 heavy (non-hydrogen) atoms. The number of nitrogens with two attached hydrogens (primary N) is 1. The second-order valence-electron chi connectivity index (χ2n) is 14.0. The molecule has 7 rings (SSSR count). The Labute approximate surface area is 365 Å². The van der Waals surface area contributed by atoms with E-state index in [0.717, 1.165) is 51.9 Å². The Bertz CT molecular complexity index is 2520. The fourth-order valence-electron chi connectivity index (χ4n) is 6.55. The van der Waals surface area contributed by atoms with E-state index >= 15 is 0 Å². The Morgan fingerprint density at radius 2 is 1.62 bits per heavy atom. The summed E-state index contributed by atoms with van der Waals surface area (Å²) in [6, 6.07) is 16.5. The van der Waals surface area contributed by atoms with E-state index in [4.69, 9.17) is 36.6 Å². The number of nitrogens with one attached hydrogen (secondary N) is 1. The van der Waals surface area contributed by atoms with Crippen LogP contribution in [0.15, 0.2) is 60.7 Å². The normalized spacial score (nSPS) is 12.9. The molecule has 3 aromatic carbocycles. The molecule has 1 aliphatic rings. The average Bonchev–Trinajstić information content (AvgIpc) is 3.98. The first-order chi connectivity index (χ1) is 29.8. The Balaban J connectivity index is 0.000000251. The zero-order valence-corrected chi connectivity index (χ0v) is 35.4. The Kier molecular flexibility index (Phi) is 17.8. The van der Waals surface area contributed by atoms with Crippen LogP contribution in [0.25, 0.3) is 22.5 Å². The lowest BCUT2D eigenvalue weighted by Gasteiger charge is -2.29. The van der Waals surface area contributed by atoms with Crippen LogP contribution in [-0.4, -0.2) is 93.6 Å². The number of amides is 1. The highest BCUT2D eigenvalue weighted by atomic mass is 35.5. The van der Waals surface area contributed by atoms with E-state index in [2.05, 4.69) is 67.0 Å². The van der Waals surface area contributed by atoms with Gasteiger partial charge in [0.2, 0.25) is 17.6 Å². The number of alkyl halides is 3. The first-order valence-corrected chi connectivity index (χ1v) is 20.9. The van der Waals surface area contributed by atoms with E-state index in [0.29, 0.717) is 35.3 Å². The Morgan fingerprint density at radius 1 is 0.969 bits per heavy atom. The summed E-state index contributed by atoms with van der Waals surface area (Å²) in [6.45, 7) is 2.33. The van der Waals surface area contributed by atoms with E-state index in [1.54, 1.807) is 0 Å². The average molecular weight is 946 g/mol. The number of rotatable bonds is 12. The molecule has 1 amide bonds. The van der Waals surface area contributed by atoms with E-state index in [9.17, 15) is 36.2 Å². The molecule has 4 heterocycles. The highest BCUT2D eigenvalue weighted by Gasteiger charge is 2.40. The molecular weight excluding hydrogens is 903 g/mol. The monoisotopic (exact) mass is 945 g/mol. The van der Waals surface area contributed by atoms with Crippen LogP contribution in [0.1, 0.15) is 60.5 Å². The number of H-pyrrole nitrogens is 1. The van der Waals surface area contributed by atoms with Gasteiger partial charge in [0.1, 0.15) is 11.6 Å². The van der Waals surface area contributed by atoms with Gasteiger partial charge >= 0.3 is 14.0 Å². The lowest BCUT2D eigenvalue weighted by Crippen LogP contribution is -2.42. The number of tetrazole rings is 1. The van der Waals surface area contributed by atoms with Crippen molar-refractivity contribution in [2.75, 3.05) is 6.54 Å². The SMILES string of the molecule is CCCCc1nc(Cl)c(CO)n1Cc1ccc(-c2ccccc2-c2nn[nH]n2)cc1.N[C@@H](CC(=O)N1CCn2c(nnc2C(F)(F)F)C1)Cc1cc(F)c(F)cc1F.O.O=P(O)(O)O. The molecule has 1 aliphatic heterocycles. The van der Waals surface area contributed by atoms with Gasteiger partial charge in [0.05, 0.1) is 18.8 Å². The Hall–Kier alpha value is -5.59. The molecule has 0 unspecified atom stereocenters. The standard InChI is InChI=1S/C22H23ClN6O.C16H15F6N5O.H3O4P.H2O/c1-2-3-8-20-24-21(23)19(14-30)29(20)13-15-9-11-16(12-10-15)17-6-4-5-7-18(17)22-25-27-28-26-22;17-10-6-12(19)11(18)4-8(10)3-9(23)5-14(28)26-1-2-27-13(7-26)24-25-15(27)16(20,21)22;1-5(2,3)4;/h4-7,9-12,30H,2-3,8,13-14H2,1H3,(H,25,26,27,28);4,6,9H,1-3,5,7,23H2;(H3,1,2,3,4);1H2/t;9-;;/m.1../s1. The van der Waals surface area contributed by atoms with Crippen molar-refractivity contribution in [1.29, 1.82) is 0 Å². The van der Waals surface area contributed by atoms with E-state index < -0.39 is 49.2 Å². The molecule has 0 saturated heterocycles. The largest absolute Gasteiger partial charge is 0.466 e. The highest BCUT2D eigenvalue weighted by Crippen LogP contribution is 2.32. The first-order valence-electron chi connectivity index (χ1n) is 19.0. The van der Waals surface area contributed by atoms with Crippen molar-refractivity contribution in [3.63, 3.8) is 0 Å². The third-order valence-corrected chi connectivity index (χ3v) is 9.80. The maximum absolute atomic E-state index is 13.7. The number of aliphatic hydroxyl groups excluding tert-OH is 1. The number of halogens is 7. The molecule has 3 aromatic heterocycles. The van der Waals surface area contributed by atoms with Gasteiger partial charge in [0.15, 0.2) is 22.6 Å². The zero-order chi connectivity index (χ0) is 46.1. The predicted molar refractivity (Wildman–Crippen MR) is 217 cm³/mol. The number of carbonyl (C=O) groups is 1. The van der Waals surface area contributed by atoms with Crippen LogP contribution in [0.3, 0.4) is 0 Å². The fourth-order valence-corrected chi connectivity index (χ4v) is 6.81. The number of nitrogens with zero attached hydrogens (tertiary/aromatic N) is 9. The van der Waals surface area contributed by atoms with Gasteiger partial charge in [-0.15, -0.1) is 20.4 Å². The third-order valence-electron chi connectivity index (χ3n) is 9.49. The number of unbranched alkanes of at least 4 members (excludes halogenated alkanes) is 1. The fraction of sp³-hybridized carbons (Fsp3) is 0.342. The number of hydrogen-bond acceptors (Lipinski definition) is 10. The van der Waals surface area contributed by atoms with Crippen molar-refractivity contribution in [2.24, 2.45) is 5.73 Å². The number of benzene rings is 3. The number of carbonyl (C=O) groups excluding carboxylic acids is 1. The molecule has 0 fully saturated rings. The molecule has 346 valence electrons. The Morgan fingerprint density at radius 3 is 2.23 bits per heavy atom. The second kappa shape index (κ2) is 22.3. The number of aliphatic hydroxyl groups is 1. The lowest BCUT2D eigenvalue weighted by atomic mass is 9.98. The molecular formula is C38H43ClF6N11O7P. The van der Waals surface area contributed by atoms with Crippen LogP contribution in [0.4, 0.5) is 26.3 Å². The third kappa shape index (κ3) is 13.7. The molecule has 26 heteroatoms. The minimum Gasteiger partial charge on any atom is -0.412 e. The summed E-state index contributed by atoms with van der Waals surface area (Å²) >= 11 is 6.26. The summed E-state index contributed by atoms with van der Waals surface area (Å²) in [6.07, 6.45) is -2.16. The number of aromatic nitrogens is 9. The van der Waals surface area contributed by atoms with Gasteiger partial charge in [-0.05, 0) is 46.4 Å². The summed E-state index contributed by atoms with van der Waals surface area (Å²) in [5.74, 6) is -3.67. The smallest absolute Gasteiger partial charge is 0.412 e. The van der Waals surface area contributed by atoms with Crippen molar-refractivity contribution in [3.8, 4) is 22.5 Å². The minimum atomic E-state index is -4.64. The van der Waals surface area contributed by atoms with Crippen LogP contribution < -0.4 is 5.73 Å². The van der Waals surface area contributed by atoms with Crippen LogP contribution in [0, 0.1) is 17.5 Å². The predicted octanol–water partition coefficient (Wildman–Crippen LogP) is 4.53. The van der Waals surface area contributed by atoms with Crippen LogP contribution in [0.2, 0.25) is 5.15 Å². The van der Waals surface area contributed by atoms with Gasteiger partial charge in [-0.3, -0.25) is 4.79 Å². The van der Waals surface area contributed by atoms with Gasteiger partial charge in [-0.1, -0.05) is 73.5 Å². The second-order valence-corrected chi connectivity index (χ2v) is 15.4. The van der Waals surface area contributed by atoms with Crippen molar-refractivity contribution >= 4 is 25.3 Å². The van der Waals surface area contributed by atoms with Crippen LogP contribution in [0.5, 0.6) is 0 Å². The zero-order valence-electron chi connectivity index (χ0n) is 33.7. The summed E-state index contributed by atoms with van der Waals surface area (Å²) in [5, 5.41) is 31.1. The number of aromatic amines is 1. The lowest BCUT2D eigenvalue weighted by molar-refractivity contribution is -0.148. The summed E-state index contributed by atoms with van der Waals surface area (Å²) in [4.78, 5) is 39.7. The summed E-state index contributed by atoms with van der Waals surface area (Å²) in [7, 11) is -4.64. The maximum atomic E-state index is 13.7. The molecule has 1 atom stereocenters. The number of aryl methyl sites for hydroxylation is 1. The molecule has 0 aliphatic carbocycles. The molecule has 0 spiro atoms. The van der Waals surface area contributed by atoms with Crippen LogP contribution >= 0.6 is 19.4 Å². The molecule has 0 radical (unpaired) electrons. The van der Waals surface area contributed by atoms with Gasteiger partial charge in [-0.25, -0.2) is 22.7 Å². The number of imidazole rings is 1. The first kappa shape index (κ1) is 51.0. The molecule has 6 aromatic rings. The molecule has 18 nitrogen and oxygen atoms in total.